The van der Waals surface area contributed by atoms with Crippen LogP contribution in [0.5, 0.6) is 5.75 Å². The number of benzene rings is 4. The summed E-state index contributed by atoms with van der Waals surface area (Å²) < 4.78 is 34.5. The number of methoxy groups -OCH3 is 1. The summed E-state index contributed by atoms with van der Waals surface area (Å²) >= 11 is 12.8. The Morgan fingerprint density at radius 2 is 1.57 bits per heavy atom. The van der Waals surface area contributed by atoms with Crippen LogP contribution in [0.15, 0.2) is 102 Å². The van der Waals surface area contributed by atoms with Gasteiger partial charge in [0.25, 0.3) is 10.0 Å². The fraction of sp³-hybridized carbons (Fsp3) is 0.212. The van der Waals surface area contributed by atoms with Crippen molar-refractivity contribution in [3.05, 3.63) is 124 Å². The first-order chi connectivity index (χ1) is 21.0. The summed E-state index contributed by atoms with van der Waals surface area (Å²) in [6.45, 7) is 1.19. The van der Waals surface area contributed by atoms with Crippen LogP contribution < -0.4 is 14.4 Å². The molecule has 1 N–H and O–H groups in total. The number of nitrogens with one attached hydrogen (secondary N) is 1. The number of carbonyl (C=O) groups is 2. The smallest absolute Gasteiger partial charge is 0.264 e. The number of halogens is 2. The molecule has 1 atom stereocenters. The zero-order valence-corrected chi connectivity index (χ0v) is 26.9. The van der Waals surface area contributed by atoms with Crippen molar-refractivity contribution in [3.8, 4) is 5.75 Å². The predicted octanol–water partition coefficient (Wildman–Crippen LogP) is 5.89. The maximum Gasteiger partial charge on any atom is 0.264 e. The van der Waals surface area contributed by atoms with Gasteiger partial charge < -0.3 is 15.0 Å². The third-order valence-corrected chi connectivity index (χ3v) is 9.40. The lowest BCUT2D eigenvalue weighted by molar-refractivity contribution is -0.139. The number of carbonyl (C=O) groups excluding carboxylic acids is 2. The van der Waals surface area contributed by atoms with Gasteiger partial charge in [0.15, 0.2) is 0 Å². The van der Waals surface area contributed by atoms with Crippen molar-refractivity contribution in [1.82, 2.24) is 10.2 Å². The van der Waals surface area contributed by atoms with E-state index >= 15 is 0 Å². The second-order valence-electron chi connectivity index (χ2n) is 10.1. The normalized spacial score (nSPS) is 11.8. The molecule has 8 nitrogen and oxygen atoms in total. The molecule has 0 radical (unpaired) electrons. The van der Waals surface area contributed by atoms with E-state index in [9.17, 15) is 18.0 Å². The number of likely N-dealkylation sites (N-methyl/N-ethyl adjacent to an activating group) is 1. The topological polar surface area (TPSA) is 96.0 Å². The van der Waals surface area contributed by atoms with Gasteiger partial charge in [-0.3, -0.25) is 13.9 Å². The zero-order chi connectivity index (χ0) is 31.9. The van der Waals surface area contributed by atoms with Crippen LogP contribution in [0.25, 0.3) is 0 Å². The zero-order valence-electron chi connectivity index (χ0n) is 24.5. The Morgan fingerprint density at radius 3 is 2.23 bits per heavy atom. The Labute approximate surface area is 268 Å². The van der Waals surface area contributed by atoms with Crippen LogP contribution in [0.2, 0.25) is 10.0 Å². The van der Waals surface area contributed by atoms with Gasteiger partial charge in [0.05, 0.1) is 22.7 Å². The van der Waals surface area contributed by atoms with Crippen molar-refractivity contribution in [2.24, 2.45) is 0 Å². The Bertz CT molecular complexity index is 1720. The van der Waals surface area contributed by atoms with Crippen molar-refractivity contribution >= 4 is 50.7 Å². The van der Waals surface area contributed by atoms with Crippen molar-refractivity contribution in [1.29, 1.82) is 0 Å². The van der Waals surface area contributed by atoms with E-state index in [2.05, 4.69) is 5.32 Å². The van der Waals surface area contributed by atoms with Gasteiger partial charge in [0.2, 0.25) is 11.8 Å². The van der Waals surface area contributed by atoms with Gasteiger partial charge in [0.1, 0.15) is 18.3 Å². The number of amides is 2. The van der Waals surface area contributed by atoms with Gasteiger partial charge in [-0.15, -0.1) is 0 Å². The first-order valence-electron chi connectivity index (χ1n) is 13.8. The van der Waals surface area contributed by atoms with E-state index in [1.54, 1.807) is 36.4 Å². The molecular formula is C33H33Cl2N3O5S. The average molecular weight is 655 g/mol. The SMILES string of the molecule is CNC(=O)C(Cc1ccccc1)N(Cc1cccc(OC)c1)C(=O)CN(c1cc(Cl)ccc1Cl)S(=O)(=O)c1ccc(C)cc1. The summed E-state index contributed by atoms with van der Waals surface area (Å²) in [7, 11) is -1.28. The van der Waals surface area contributed by atoms with Crippen LogP contribution in [0.3, 0.4) is 0 Å². The summed E-state index contributed by atoms with van der Waals surface area (Å²) in [6.07, 6.45) is 0.193. The fourth-order valence-electron chi connectivity index (χ4n) is 4.72. The minimum atomic E-state index is -4.31. The molecule has 230 valence electrons. The molecule has 44 heavy (non-hydrogen) atoms. The van der Waals surface area contributed by atoms with E-state index < -0.39 is 34.4 Å². The van der Waals surface area contributed by atoms with Gasteiger partial charge in [-0.05, 0) is 60.5 Å². The lowest BCUT2D eigenvalue weighted by atomic mass is 10.0. The first-order valence-corrected chi connectivity index (χ1v) is 16.0. The largest absolute Gasteiger partial charge is 0.497 e. The minimum absolute atomic E-state index is 0.00263. The van der Waals surface area contributed by atoms with Crippen molar-refractivity contribution in [2.75, 3.05) is 25.0 Å². The molecule has 0 spiro atoms. The Kier molecular flexibility index (Phi) is 10.9. The molecule has 4 aromatic carbocycles. The van der Waals surface area contributed by atoms with Gasteiger partial charge >= 0.3 is 0 Å². The maximum atomic E-state index is 14.4. The quantitative estimate of drug-likeness (QED) is 0.206. The number of ether oxygens (including phenoxy) is 1. The highest BCUT2D eigenvalue weighted by Crippen LogP contribution is 2.33. The Morgan fingerprint density at radius 1 is 0.886 bits per heavy atom. The van der Waals surface area contributed by atoms with Crippen LogP contribution in [-0.4, -0.2) is 51.9 Å². The molecule has 0 fully saturated rings. The molecule has 11 heteroatoms. The predicted molar refractivity (Wildman–Crippen MR) is 174 cm³/mol. The number of hydrogen-bond acceptors (Lipinski definition) is 5. The van der Waals surface area contributed by atoms with Crippen LogP contribution in [-0.2, 0) is 32.6 Å². The molecule has 0 aliphatic heterocycles. The lowest BCUT2D eigenvalue weighted by Gasteiger charge is -2.34. The van der Waals surface area contributed by atoms with Gasteiger partial charge in [-0.1, -0.05) is 83.4 Å². The standard InChI is InChI=1S/C33H33Cl2N3O5S/c1-23-12-15-28(16-13-23)44(41,42)38(30-20-26(34)14-17-29(30)35)22-32(39)37(21-25-10-7-11-27(18-25)43-3)31(33(40)36-2)19-24-8-5-4-6-9-24/h4-18,20,31H,19,21-22H2,1-3H3,(H,36,40). The van der Waals surface area contributed by atoms with E-state index in [4.69, 9.17) is 27.9 Å². The summed E-state index contributed by atoms with van der Waals surface area (Å²) in [5.74, 6) is -0.452. The van der Waals surface area contributed by atoms with Crippen LogP contribution >= 0.6 is 23.2 Å². The third kappa shape index (κ3) is 7.91. The molecule has 2 amide bonds. The summed E-state index contributed by atoms with van der Waals surface area (Å²) in [5.41, 5.74) is 2.42. The molecular weight excluding hydrogens is 621 g/mol. The van der Waals surface area contributed by atoms with E-state index in [-0.39, 0.29) is 33.6 Å². The van der Waals surface area contributed by atoms with Crippen LogP contribution in [0, 0.1) is 6.92 Å². The second kappa shape index (κ2) is 14.6. The van der Waals surface area contributed by atoms with Crippen LogP contribution in [0.4, 0.5) is 5.69 Å². The molecule has 1 unspecified atom stereocenters. The Balaban J connectivity index is 1.82. The first kappa shape index (κ1) is 32.9. The monoisotopic (exact) mass is 653 g/mol. The number of sulfonamides is 1. The molecule has 4 aromatic rings. The van der Waals surface area contributed by atoms with E-state index in [1.165, 1.54) is 49.4 Å². The third-order valence-electron chi connectivity index (χ3n) is 7.07. The number of aryl methyl sites for hydroxylation is 1. The second-order valence-corrected chi connectivity index (χ2v) is 12.8. The summed E-state index contributed by atoms with van der Waals surface area (Å²) in [4.78, 5) is 29.1. The van der Waals surface area contributed by atoms with E-state index in [0.717, 1.165) is 15.4 Å². The van der Waals surface area contributed by atoms with Gasteiger partial charge in [0, 0.05) is 25.0 Å². The fourth-order valence-corrected chi connectivity index (χ4v) is 6.58. The van der Waals surface area contributed by atoms with Gasteiger partial charge in [-0.25, -0.2) is 8.42 Å². The maximum absolute atomic E-state index is 14.4. The highest BCUT2D eigenvalue weighted by Gasteiger charge is 2.35. The molecule has 0 aliphatic carbocycles. The summed E-state index contributed by atoms with van der Waals surface area (Å²) in [5, 5.41) is 2.99. The van der Waals surface area contributed by atoms with E-state index in [0.29, 0.717) is 11.3 Å². The highest BCUT2D eigenvalue weighted by molar-refractivity contribution is 7.92. The van der Waals surface area contributed by atoms with Gasteiger partial charge in [-0.2, -0.15) is 0 Å². The number of nitrogens with zero attached hydrogens (tertiary/aromatic N) is 2. The number of hydrogen-bond donors (Lipinski definition) is 1. The van der Waals surface area contributed by atoms with Crippen molar-refractivity contribution in [2.45, 2.75) is 30.8 Å². The number of rotatable bonds is 12. The lowest BCUT2D eigenvalue weighted by Crippen LogP contribution is -2.53. The molecule has 0 saturated heterocycles. The molecule has 0 aliphatic rings. The van der Waals surface area contributed by atoms with Crippen molar-refractivity contribution in [3.63, 3.8) is 0 Å². The molecule has 0 heterocycles. The Hall–Kier alpha value is -4.05. The molecule has 0 bridgehead atoms. The summed E-state index contributed by atoms with van der Waals surface area (Å²) in [6, 6.07) is 26.1. The van der Waals surface area contributed by atoms with E-state index in [1.807, 2.05) is 37.3 Å². The molecule has 4 rings (SSSR count). The van der Waals surface area contributed by atoms with Crippen LogP contribution in [0.1, 0.15) is 16.7 Å². The molecule has 0 saturated carbocycles. The average Bonchev–Trinajstić information content (AvgIpc) is 3.03. The number of anilines is 1. The molecule has 0 aromatic heterocycles. The highest BCUT2D eigenvalue weighted by atomic mass is 35.5. The minimum Gasteiger partial charge on any atom is -0.497 e. The van der Waals surface area contributed by atoms with Crippen molar-refractivity contribution < 1.29 is 22.7 Å².